The third-order valence-electron chi connectivity index (χ3n) is 3.95. The smallest absolute Gasteiger partial charge is 0.243 e. The Kier molecular flexibility index (Phi) is 5.05. The Hall–Kier alpha value is -2.79. The van der Waals surface area contributed by atoms with Crippen LogP contribution in [-0.4, -0.2) is 35.3 Å². The van der Waals surface area contributed by atoms with E-state index in [0.717, 1.165) is 16.5 Å². The highest BCUT2D eigenvalue weighted by molar-refractivity contribution is 6.30. The molecular formula is C19H18ClN3O2. The zero-order chi connectivity index (χ0) is 17.8. The number of aromatic nitrogens is 1. The molecule has 0 aliphatic heterocycles. The number of anilines is 1. The van der Waals surface area contributed by atoms with Gasteiger partial charge in [-0.1, -0.05) is 29.8 Å². The average molecular weight is 356 g/mol. The van der Waals surface area contributed by atoms with E-state index in [0.29, 0.717) is 10.7 Å². The molecule has 2 aromatic carbocycles. The topological polar surface area (TPSA) is 65.2 Å². The highest BCUT2D eigenvalue weighted by Gasteiger charge is 2.15. The number of likely N-dealkylation sites (N-methyl/N-ethyl adjacent to an activating group) is 1. The van der Waals surface area contributed by atoms with Crippen LogP contribution in [-0.2, 0) is 16.0 Å². The lowest BCUT2D eigenvalue weighted by molar-refractivity contribution is -0.132. The molecule has 0 aliphatic carbocycles. The van der Waals surface area contributed by atoms with Crippen LogP contribution in [0.2, 0.25) is 5.02 Å². The Balaban J connectivity index is 1.58. The molecule has 6 heteroatoms. The summed E-state index contributed by atoms with van der Waals surface area (Å²) in [6.45, 7) is -0.0101. The van der Waals surface area contributed by atoms with Crippen molar-refractivity contribution in [2.75, 3.05) is 18.9 Å². The van der Waals surface area contributed by atoms with Gasteiger partial charge in [0, 0.05) is 34.9 Å². The third-order valence-corrected chi connectivity index (χ3v) is 4.20. The number of nitrogens with zero attached hydrogens (tertiary/aromatic N) is 1. The third kappa shape index (κ3) is 4.19. The number of aromatic amines is 1. The number of nitrogens with one attached hydrogen (secondary N) is 2. The van der Waals surface area contributed by atoms with Crippen LogP contribution in [0.5, 0.6) is 0 Å². The Morgan fingerprint density at radius 1 is 1.12 bits per heavy atom. The van der Waals surface area contributed by atoms with E-state index in [1.54, 1.807) is 31.3 Å². The number of carbonyl (C=O) groups is 2. The molecule has 0 radical (unpaired) electrons. The summed E-state index contributed by atoms with van der Waals surface area (Å²) in [4.78, 5) is 29.1. The molecule has 2 N–H and O–H groups in total. The maximum Gasteiger partial charge on any atom is 0.243 e. The van der Waals surface area contributed by atoms with E-state index in [4.69, 9.17) is 11.6 Å². The molecule has 1 heterocycles. The van der Waals surface area contributed by atoms with E-state index in [2.05, 4.69) is 10.3 Å². The monoisotopic (exact) mass is 355 g/mol. The standard InChI is InChI=1S/C19H18ClN3O2/c1-23(12-18(24)22-15-8-6-14(20)7-9-15)19(25)10-13-11-21-17-5-3-2-4-16(13)17/h2-9,11,21H,10,12H2,1H3,(H,22,24). The highest BCUT2D eigenvalue weighted by Crippen LogP contribution is 2.18. The number of benzene rings is 2. The number of amides is 2. The molecule has 0 spiro atoms. The van der Waals surface area contributed by atoms with E-state index < -0.39 is 0 Å². The second-order valence-corrected chi connectivity index (χ2v) is 6.28. The summed E-state index contributed by atoms with van der Waals surface area (Å²) in [7, 11) is 1.62. The van der Waals surface area contributed by atoms with Gasteiger partial charge in [0.15, 0.2) is 0 Å². The van der Waals surface area contributed by atoms with Crippen LogP contribution < -0.4 is 5.32 Å². The SMILES string of the molecule is CN(CC(=O)Nc1ccc(Cl)cc1)C(=O)Cc1c[nH]c2ccccc12. The van der Waals surface area contributed by atoms with Crippen molar-refractivity contribution in [3.05, 3.63) is 65.3 Å². The first-order valence-corrected chi connectivity index (χ1v) is 8.25. The molecule has 0 bridgehead atoms. The maximum atomic E-state index is 12.4. The first-order valence-electron chi connectivity index (χ1n) is 7.87. The molecule has 0 fully saturated rings. The van der Waals surface area contributed by atoms with Gasteiger partial charge in [-0.05, 0) is 35.9 Å². The number of rotatable bonds is 5. The highest BCUT2D eigenvalue weighted by atomic mass is 35.5. The lowest BCUT2D eigenvalue weighted by Crippen LogP contribution is -2.35. The van der Waals surface area contributed by atoms with Crippen LogP contribution in [0.25, 0.3) is 10.9 Å². The molecule has 1 aromatic heterocycles. The van der Waals surface area contributed by atoms with Crippen molar-refractivity contribution in [3.63, 3.8) is 0 Å². The van der Waals surface area contributed by atoms with Gasteiger partial charge in [0.05, 0.1) is 13.0 Å². The minimum absolute atomic E-state index is 0.0101. The number of para-hydroxylation sites is 1. The molecule has 3 rings (SSSR count). The predicted octanol–water partition coefficient (Wildman–Crippen LogP) is 3.46. The number of halogens is 1. The van der Waals surface area contributed by atoms with E-state index in [-0.39, 0.29) is 24.8 Å². The lowest BCUT2D eigenvalue weighted by atomic mass is 10.1. The van der Waals surface area contributed by atoms with Crippen LogP contribution >= 0.6 is 11.6 Å². The van der Waals surface area contributed by atoms with Gasteiger partial charge in [-0.25, -0.2) is 0 Å². The fourth-order valence-corrected chi connectivity index (χ4v) is 2.74. The zero-order valence-corrected chi connectivity index (χ0v) is 14.5. The molecule has 25 heavy (non-hydrogen) atoms. The van der Waals surface area contributed by atoms with Crippen LogP contribution in [0.3, 0.4) is 0 Å². The quantitative estimate of drug-likeness (QED) is 0.736. The van der Waals surface area contributed by atoms with E-state index in [1.165, 1.54) is 4.90 Å². The molecular weight excluding hydrogens is 338 g/mol. The van der Waals surface area contributed by atoms with Crippen molar-refractivity contribution in [3.8, 4) is 0 Å². The van der Waals surface area contributed by atoms with Gasteiger partial charge in [-0.3, -0.25) is 9.59 Å². The number of H-pyrrole nitrogens is 1. The van der Waals surface area contributed by atoms with Crippen molar-refractivity contribution >= 4 is 40.0 Å². The van der Waals surface area contributed by atoms with Crippen LogP contribution in [0.15, 0.2) is 54.7 Å². The molecule has 128 valence electrons. The average Bonchev–Trinajstić information content (AvgIpc) is 3.00. The molecule has 3 aromatic rings. The fourth-order valence-electron chi connectivity index (χ4n) is 2.61. The minimum atomic E-state index is -0.253. The molecule has 5 nitrogen and oxygen atoms in total. The van der Waals surface area contributed by atoms with Gasteiger partial charge in [-0.2, -0.15) is 0 Å². The summed E-state index contributed by atoms with van der Waals surface area (Å²) in [5.41, 5.74) is 2.56. The second kappa shape index (κ2) is 7.40. The molecule has 0 aliphatic rings. The summed E-state index contributed by atoms with van der Waals surface area (Å²) in [5, 5.41) is 4.37. The Labute approximate surface area is 150 Å². The molecule has 0 saturated heterocycles. The maximum absolute atomic E-state index is 12.4. The van der Waals surface area contributed by atoms with Crippen molar-refractivity contribution in [1.82, 2.24) is 9.88 Å². The van der Waals surface area contributed by atoms with Gasteiger partial charge in [0.25, 0.3) is 0 Å². The predicted molar refractivity (Wildman–Crippen MR) is 99.7 cm³/mol. The van der Waals surface area contributed by atoms with Crippen LogP contribution in [0.1, 0.15) is 5.56 Å². The largest absolute Gasteiger partial charge is 0.361 e. The normalized spacial score (nSPS) is 10.6. The number of hydrogen-bond acceptors (Lipinski definition) is 2. The summed E-state index contributed by atoms with van der Waals surface area (Å²) >= 11 is 5.82. The number of hydrogen-bond donors (Lipinski definition) is 2. The van der Waals surface area contributed by atoms with E-state index >= 15 is 0 Å². The van der Waals surface area contributed by atoms with Crippen molar-refractivity contribution in [2.24, 2.45) is 0 Å². The van der Waals surface area contributed by atoms with Gasteiger partial charge in [0.1, 0.15) is 0 Å². The van der Waals surface area contributed by atoms with Gasteiger partial charge >= 0.3 is 0 Å². The van der Waals surface area contributed by atoms with Crippen LogP contribution in [0.4, 0.5) is 5.69 Å². The first kappa shape index (κ1) is 17.0. The van der Waals surface area contributed by atoms with Crippen molar-refractivity contribution in [2.45, 2.75) is 6.42 Å². The van der Waals surface area contributed by atoms with Crippen molar-refractivity contribution in [1.29, 1.82) is 0 Å². The first-order chi connectivity index (χ1) is 12.0. The lowest BCUT2D eigenvalue weighted by Gasteiger charge is -2.16. The number of fused-ring (bicyclic) bond motifs is 1. The Morgan fingerprint density at radius 3 is 2.60 bits per heavy atom. The van der Waals surface area contributed by atoms with E-state index in [9.17, 15) is 9.59 Å². The van der Waals surface area contributed by atoms with Gasteiger partial charge < -0.3 is 15.2 Å². The van der Waals surface area contributed by atoms with Crippen LogP contribution in [0, 0.1) is 0 Å². The summed E-state index contributed by atoms with van der Waals surface area (Å²) in [5.74, 6) is -0.367. The molecule has 2 amide bonds. The number of carbonyl (C=O) groups excluding carboxylic acids is 2. The minimum Gasteiger partial charge on any atom is -0.361 e. The molecule has 0 atom stereocenters. The van der Waals surface area contributed by atoms with E-state index in [1.807, 2.05) is 30.5 Å². The summed E-state index contributed by atoms with van der Waals surface area (Å²) in [6.07, 6.45) is 2.08. The molecule has 0 unspecified atom stereocenters. The van der Waals surface area contributed by atoms with Crippen molar-refractivity contribution < 1.29 is 9.59 Å². The second-order valence-electron chi connectivity index (χ2n) is 5.84. The van der Waals surface area contributed by atoms with Gasteiger partial charge in [0.2, 0.25) is 11.8 Å². The Morgan fingerprint density at radius 2 is 1.84 bits per heavy atom. The zero-order valence-electron chi connectivity index (χ0n) is 13.8. The Bertz CT molecular complexity index is 902. The molecule has 0 saturated carbocycles. The fraction of sp³-hybridized carbons (Fsp3) is 0.158. The summed E-state index contributed by atoms with van der Waals surface area (Å²) in [6, 6.07) is 14.6. The summed E-state index contributed by atoms with van der Waals surface area (Å²) < 4.78 is 0. The van der Waals surface area contributed by atoms with Gasteiger partial charge in [-0.15, -0.1) is 0 Å².